The predicted octanol–water partition coefficient (Wildman–Crippen LogP) is 3.35. The number of aromatic nitrogens is 2. The van der Waals surface area contributed by atoms with Crippen LogP contribution < -0.4 is 5.73 Å². The lowest BCUT2D eigenvalue weighted by Gasteiger charge is -2.16. The van der Waals surface area contributed by atoms with Crippen LogP contribution >= 0.6 is 0 Å². The number of para-hydroxylation sites is 1. The Bertz CT molecular complexity index is 533. The summed E-state index contributed by atoms with van der Waals surface area (Å²) in [6.45, 7) is 8.68. The Balaban J connectivity index is 2.43. The second-order valence-corrected chi connectivity index (χ2v) is 5.94. The van der Waals surface area contributed by atoms with Crippen LogP contribution in [0.4, 0.5) is 5.82 Å². The standard InChI is InChI=1S/C15H21N3/c1-11-13(10-15(2,3)4)17-18(14(11)16)12-8-6-5-7-9-12/h5-9H,10,16H2,1-4H3. The quantitative estimate of drug-likeness (QED) is 0.879. The van der Waals surface area contributed by atoms with Crippen LogP contribution in [0.2, 0.25) is 0 Å². The Morgan fingerprint density at radius 1 is 1.17 bits per heavy atom. The number of nitrogens with zero attached hydrogens (tertiary/aromatic N) is 2. The lowest BCUT2D eigenvalue weighted by molar-refractivity contribution is 0.404. The molecule has 1 aromatic heterocycles. The molecule has 0 bridgehead atoms. The second-order valence-electron chi connectivity index (χ2n) is 5.94. The first-order valence-corrected chi connectivity index (χ1v) is 6.28. The maximum Gasteiger partial charge on any atom is 0.130 e. The molecule has 0 amide bonds. The molecule has 0 atom stereocenters. The summed E-state index contributed by atoms with van der Waals surface area (Å²) < 4.78 is 1.83. The fraction of sp³-hybridized carbons (Fsp3) is 0.400. The van der Waals surface area contributed by atoms with Crippen LogP contribution in [0.25, 0.3) is 5.69 Å². The zero-order valence-corrected chi connectivity index (χ0v) is 11.6. The van der Waals surface area contributed by atoms with Gasteiger partial charge in [0.05, 0.1) is 11.4 Å². The lowest BCUT2D eigenvalue weighted by atomic mass is 9.89. The van der Waals surface area contributed by atoms with Gasteiger partial charge in [0.2, 0.25) is 0 Å². The molecule has 3 nitrogen and oxygen atoms in total. The second kappa shape index (κ2) is 4.48. The van der Waals surface area contributed by atoms with Crippen LogP contribution in [0.5, 0.6) is 0 Å². The number of hydrogen-bond acceptors (Lipinski definition) is 2. The van der Waals surface area contributed by atoms with Crippen molar-refractivity contribution in [2.75, 3.05) is 5.73 Å². The van der Waals surface area contributed by atoms with Crippen molar-refractivity contribution in [3.8, 4) is 5.69 Å². The van der Waals surface area contributed by atoms with E-state index in [2.05, 4.69) is 25.9 Å². The number of nitrogens with two attached hydrogens (primary N) is 1. The third kappa shape index (κ3) is 2.55. The minimum atomic E-state index is 0.215. The highest BCUT2D eigenvalue weighted by Gasteiger charge is 2.19. The van der Waals surface area contributed by atoms with Gasteiger partial charge in [0.25, 0.3) is 0 Å². The summed E-state index contributed by atoms with van der Waals surface area (Å²) in [5, 5.41) is 4.66. The molecular formula is C15H21N3. The van der Waals surface area contributed by atoms with Gasteiger partial charge in [0, 0.05) is 5.56 Å². The average molecular weight is 243 g/mol. The molecule has 2 N–H and O–H groups in total. The highest BCUT2D eigenvalue weighted by atomic mass is 15.3. The molecule has 96 valence electrons. The summed E-state index contributed by atoms with van der Waals surface area (Å²) in [6.07, 6.45) is 0.933. The molecule has 0 aliphatic carbocycles. The largest absolute Gasteiger partial charge is 0.383 e. The Labute approximate surface area is 109 Å². The van der Waals surface area contributed by atoms with E-state index in [4.69, 9.17) is 5.73 Å². The van der Waals surface area contributed by atoms with E-state index in [9.17, 15) is 0 Å². The van der Waals surface area contributed by atoms with E-state index in [1.165, 1.54) is 0 Å². The topological polar surface area (TPSA) is 43.8 Å². The highest BCUT2D eigenvalue weighted by Crippen LogP contribution is 2.26. The molecule has 0 radical (unpaired) electrons. The van der Waals surface area contributed by atoms with E-state index in [1.54, 1.807) is 0 Å². The molecule has 3 heteroatoms. The Hall–Kier alpha value is -1.77. The van der Waals surface area contributed by atoms with E-state index < -0.39 is 0 Å². The van der Waals surface area contributed by atoms with Gasteiger partial charge in [-0.1, -0.05) is 39.0 Å². The van der Waals surface area contributed by atoms with Crippen LogP contribution in [-0.4, -0.2) is 9.78 Å². The van der Waals surface area contributed by atoms with E-state index in [-0.39, 0.29) is 5.41 Å². The summed E-state index contributed by atoms with van der Waals surface area (Å²) in [5.74, 6) is 0.737. The van der Waals surface area contributed by atoms with Crippen molar-refractivity contribution in [3.05, 3.63) is 41.6 Å². The fourth-order valence-corrected chi connectivity index (χ4v) is 1.99. The molecular weight excluding hydrogens is 222 g/mol. The zero-order chi connectivity index (χ0) is 13.3. The molecule has 0 saturated heterocycles. The van der Waals surface area contributed by atoms with Gasteiger partial charge in [-0.05, 0) is 30.9 Å². The molecule has 0 saturated carbocycles. The van der Waals surface area contributed by atoms with Crippen molar-refractivity contribution in [1.82, 2.24) is 9.78 Å². The fourth-order valence-electron chi connectivity index (χ4n) is 1.99. The van der Waals surface area contributed by atoms with Crippen molar-refractivity contribution in [2.24, 2.45) is 5.41 Å². The minimum Gasteiger partial charge on any atom is -0.383 e. The number of nitrogen functional groups attached to an aromatic ring is 1. The molecule has 0 unspecified atom stereocenters. The van der Waals surface area contributed by atoms with Crippen molar-refractivity contribution in [2.45, 2.75) is 34.1 Å². The molecule has 2 rings (SSSR count). The van der Waals surface area contributed by atoms with E-state index >= 15 is 0 Å². The number of rotatable bonds is 2. The Morgan fingerprint density at radius 2 is 1.78 bits per heavy atom. The number of benzene rings is 1. The third-order valence-electron chi connectivity index (χ3n) is 2.96. The first-order valence-electron chi connectivity index (χ1n) is 6.28. The Kier molecular flexibility index (Phi) is 3.16. The molecule has 0 spiro atoms. The van der Waals surface area contributed by atoms with E-state index in [0.29, 0.717) is 0 Å². The molecule has 0 aliphatic rings. The van der Waals surface area contributed by atoms with Crippen molar-refractivity contribution in [1.29, 1.82) is 0 Å². The summed E-state index contributed by atoms with van der Waals surface area (Å²) >= 11 is 0. The molecule has 1 aromatic carbocycles. The monoisotopic (exact) mass is 243 g/mol. The van der Waals surface area contributed by atoms with Gasteiger partial charge in [-0.3, -0.25) is 0 Å². The van der Waals surface area contributed by atoms with Crippen LogP contribution in [0.15, 0.2) is 30.3 Å². The van der Waals surface area contributed by atoms with Crippen LogP contribution in [0.3, 0.4) is 0 Å². The third-order valence-corrected chi connectivity index (χ3v) is 2.96. The maximum atomic E-state index is 6.15. The normalized spacial score (nSPS) is 11.8. The lowest BCUT2D eigenvalue weighted by Crippen LogP contribution is -2.10. The molecule has 1 heterocycles. The van der Waals surface area contributed by atoms with Gasteiger partial charge in [0.1, 0.15) is 5.82 Å². The van der Waals surface area contributed by atoms with Crippen molar-refractivity contribution < 1.29 is 0 Å². The van der Waals surface area contributed by atoms with Crippen LogP contribution in [-0.2, 0) is 6.42 Å². The summed E-state index contributed by atoms with van der Waals surface area (Å²) in [6, 6.07) is 10.0. The molecule has 0 fully saturated rings. The average Bonchev–Trinajstić information content (AvgIpc) is 2.57. The van der Waals surface area contributed by atoms with Gasteiger partial charge in [0.15, 0.2) is 0 Å². The van der Waals surface area contributed by atoms with Gasteiger partial charge < -0.3 is 5.73 Å². The van der Waals surface area contributed by atoms with Gasteiger partial charge in [-0.25, -0.2) is 4.68 Å². The predicted molar refractivity (Wildman–Crippen MR) is 75.9 cm³/mol. The van der Waals surface area contributed by atoms with E-state index in [1.807, 2.05) is 41.9 Å². The highest BCUT2D eigenvalue weighted by molar-refractivity contribution is 5.49. The maximum absolute atomic E-state index is 6.15. The van der Waals surface area contributed by atoms with Crippen molar-refractivity contribution in [3.63, 3.8) is 0 Å². The first kappa shape index (κ1) is 12.7. The van der Waals surface area contributed by atoms with E-state index in [0.717, 1.165) is 29.2 Å². The minimum absolute atomic E-state index is 0.215. The van der Waals surface area contributed by atoms with Crippen molar-refractivity contribution >= 4 is 5.82 Å². The zero-order valence-electron chi connectivity index (χ0n) is 11.6. The molecule has 2 aromatic rings. The SMILES string of the molecule is Cc1c(CC(C)(C)C)nn(-c2ccccc2)c1N. The summed E-state index contributed by atoms with van der Waals surface area (Å²) in [7, 11) is 0. The summed E-state index contributed by atoms with van der Waals surface area (Å²) in [5.41, 5.74) is 9.56. The van der Waals surface area contributed by atoms with Crippen LogP contribution in [0.1, 0.15) is 32.0 Å². The number of hydrogen-bond donors (Lipinski definition) is 1. The Morgan fingerprint density at radius 3 is 2.33 bits per heavy atom. The summed E-state index contributed by atoms with van der Waals surface area (Å²) in [4.78, 5) is 0. The van der Waals surface area contributed by atoms with Crippen LogP contribution in [0, 0.1) is 12.3 Å². The smallest absolute Gasteiger partial charge is 0.130 e. The van der Waals surface area contributed by atoms with Gasteiger partial charge >= 0.3 is 0 Å². The van der Waals surface area contributed by atoms with Gasteiger partial charge in [-0.2, -0.15) is 5.10 Å². The molecule has 18 heavy (non-hydrogen) atoms. The van der Waals surface area contributed by atoms with Gasteiger partial charge in [-0.15, -0.1) is 0 Å². The number of anilines is 1. The first-order chi connectivity index (χ1) is 8.38. The molecule has 0 aliphatic heterocycles.